The smallest absolute Gasteiger partial charge is 0.295 e. The standard InChI is InChI=1S/C10H11NO3S/c11-8-4-3-6-9-5-1-2-7-10(9)15(12,13)14/h1-2,5,7H,4,8,11H2,(H,12,13,14). The third-order valence-electron chi connectivity index (χ3n) is 1.66. The molecule has 0 unspecified atom stereocenters. The SMILES string of the molecule is NCCC#Cc1ccccc1S(=O)(=O)O. The van der Waals surface area contributed by atoms with Crippen LogP contribution in [0.5, 0.6) is 0 Å². The van der Waals surface area contributed by atoms with Gasteiger partial charge in [-0.25, -0.2) is 0 Å². The number of benzene rings is 1. The Balaban J connectivity index is 3.15. The van der Waals surface area contributed by atoms with Crippen molar-refractivity contribution in [2.75, 3.05) is 6.54 Å². The van der Waals surface area contributed by atoms with E-state index in [9.17, 15) is 8.42 Å². The van der Waals surface area contributed by atoms with Crippen molar-refractivity contribution in [1.29, 1.82) is 0 Å². The van der Waals surface area contributed by atoms with Crippen molar-refractivity contribution in [3.05, 3.63) is 29.8 Å². The van der Waals surface area contributed by atoms with Crippen molar-refractivity contribution < 1.29 is 13.0 Å². The van der Waals surface area contributed by atoms with Crippen molar-refractivity contribution in [3.8, 4) is 11.8 Å². The van der Waals surface area contributed by atoms with E-state index >= 15 is 0 Å². The summed E-state index contributed by atoms with van der Waals surface area (Å²) in [5.74, 6) is 5.36. The van der Waals surface area contributed by atoms with Crippen LogP contribution in [0.15, 0.2) is 29.2 Å². The van der Waals surface area contributed by atoms with Gasteiger partial charge in [-0.1, -0.05) is 24.0 Å². The molecule has 3 N–H and O–H groups in total. The van der Waals surface area contributed by atoms with E-state index < -0.39 is 10.1 Å². The first kappa shape index (κ1) is 11.7. The van der Waals surface area contributed by atoms with Gasteiger partial charge in [0.05, 0.1) is 0 Å². The molecule has 0 aliphatic carbocycles. The minimum absolute atomic E-state index is 0.172. The van der Waals surface area contributed by atoms with Crippen LogP contribution in [-0.2, 0) is 10.1 Å². The Bertz CT molecular complexity index is 497. The maximum absolute atomic E-state index is 10.9. The molecule has 0 saturated carbocycles. The van der Waals surface area contributed by atoms with Crippen molar-refractivity contribution in [2.24, 2.45) is 5.73 Å². The first-order chi connectivity index (χ1) is 7.05. The molecule has 1 rings (SSSR count). The van der Waals surface area contributed by atoms with Crippen molar-refractivity contribution in [2.45, 2.75) is 11.3 Å². The van der Waals surface area contributed by atoms with Gasteiger partial charge in [0.25, 0.3) is 10.1 Å². The van der Waals surface area contributed by atoms with E-state index in [1.807, 2.05) is 0 Å². The zero-order chi connectivity index (χ0) is 11.3. The first-order valence-electron chi connectivity index (χ1n) is 4.31. The lowest BCUT2D eigenvalue weighted by molar-refractivity contribution is 0.483. The van der Waals surface area contributed by atoms with Crippen LogP contribution in [0, 0.1) is 11.8 Å². The minimum Gasteiger partial charge on any atom is -0.330 e. The van der Waals surface area contributed by atoms with Crippen LogP contribution in [0.3, 0.4) is 0 Å². The molecule has 80 valence electrons. The fraction of sp³-hybridized carbons (Fsp3) is 0.200. The van der Waals surface area contributed by atoms with Crippen LogP contribution in [0.1, 0.15) is 12.0 Å². The average Bonchev–Trinajstić information content (AvgIpc) is 2.17. The Hall–Kier alpha value is -1.35. The van der Waals surface area contributed by atoms with Gasteiger partial charge in [0.15, 0.2) is 0 Å². The second kappa shape index (κ2) is 4.94. The van der Waals surface area contributed by atoms with Crippen molar-refractivity contribution in [3.63, 3.8) is 0 Å². The van der Waals surface area contributed by atoms with Gasteiger partial charge in [-0.2, -0.15) is 8.42 Å². The van der Waals surface area contributed by atoms with E-state index in [2.05, 4.69) is 11.8 Å². The van der Waals surface area contributed by atoms with Gasteiger partial charge in [0.1, 0.15) is 4.90 Å². The molecule has 0 amide bonds. The Kier molecular flexibility index (Phi) is 3.86. The van der Waals surface area contributed by atoms with Gasteiger partial charge < -0.3 is 5.73 Å². The van der Waals surface area contributed by atoms with Crippen molar-refractivity contribution >= 4 is 10.1 Å². The molecular weight excluding hydrogens is 214 g/mol. The van der Waals surface area contributed by atoms with E-state index in [0.717, 1.165) is 0 Å². The predicted octanol–water partition coefficient (Wildman–Crippen LogP) is 0.634. The second-order valence-corrected chi connectivity index (χ2v) is 4.20. The van der Waals surface area contributed by atoms with Crippen LogP contribution < -0.4 is 5.73 Å². The van der Waals surface area contributed by atoms with Crippen LogP contribution in [0.2, 0.25) is 0 Å². The molecule has 15 heavy (non-hydrogen) atoms. The third-order valence-corrected chi connectivity index (χ3v) is 2.57. The zero-order valence-corrected chi connectivity index (χ0v) is 8.79. The lowest BCUT2D eigenvalue weighted by Gasteiger charge is -1.99. The predicted molar refractivity (Wildman–Crippen MR) is 56.8 cm³/mol. The average molecular weight is 225 g/mol. The minimum atomic E-state index is -4.20. The lowest BCUT2D eigenvalue weighted by Crippen LogP contribution is -2.01. The summed E-state index contributed by atoms with van der Waals surface area (Å²) in [5.41, 5.74) is 5.53. The third kappa shape index (κ3) is 3.36. The summed E-state index contributed by atoms with van der Waals surface area (Å²) in [6.07, 6.45) is 0.486. The molecule has 0 aromatic heterocycles. The maximum Gasteiger partial charge on any atom is 0.295 e. The Morgan fingerprint density at radius 3 is 2.60 bits per heavy atom. The highest BCUT2D eigenvalue weighted by atomic mass is 32.2. The molecule has 0 heterocycles. The molecule has 0 atom stereocenters. The van der Waals surface area contributed by atoms with Gasteiger partial charge >= 0.3 is 0 Å². The number of rotatable bonds is 2. The summed E-state index contributed by atoms with van der Waals surface area (Å²) in [5, 5.41) is 0. The fourth-order valence-electron chi connectivity index (χ4n) is 1.02. The normalized spacial score (nSPS) is 10.5. The van der Waals surface area contributed by atoms with Gasteiger partial charge in [-0.05, 0) is 12.1 Å². The zero-order valence-electron chi connectivity index (χ0n) is 7.97. The van der Waals surface area contributed by atoms with Crippen LogP contribution in [0.4, 0.5) is 0 Å². The van der Waals surface area contributed by atoms with Gasteiger partial charge in [-0.15, -0.1) is 0 Å². The van der Waals surface area contributed by atoms with E-state index in [1.54, 1.807) is 6.07 Å². The molecule has 0 spiro atoms. The maximum atomic E-state index is 10.9. The van der Waals surface area contributed by atoms with E-state index in [1.165, 1.54) is 18.2 Å². The molecule has 1 aromatic rings. The van der Waals surface area contributed by atoms with Gasteiger partial charge in [0.2, 0.25) is 0 Å². The highest BCUT2D eigenvalue weighted by molar-refractivity contribution is 7.85. The van der Waals surface area contributed by atoms with Crippen LogP contribution in [0.25, 0.3) is 0 Å². The Morgan fingerprint density at radius 1 is 1.33 bits per heavy atom. The topological polar surface area (TPSA) is 80.4 Å². The van der Waals surface area contributed by atoms with Gasteiger partial charge in [0, 0.05) is 18.5 Å². The van der Waals surface area contributed by atoms with E-state index in [0.29, 0.717) is 13.0 Å². The monoisotopic (exact) mass is 225 g/mol. The summed E-state index contributed by atoms with van der Waals surface area (Å²) in [4.78, 5) is -0.172. The summed E-state index contributed by atoms with van der Waals surface area (Å²) < 4.78 is 30.8. The van der Waals surface area contributed by atoms with Crippen LogP contribution in [-0.4, -0.2) is 19.5 Å². The largest absolute Gasteiger partial charge is 0.330 e. The number of hydrogen-bond donors (Lipinski definition) is 2. The lowest BCUT2D eigenvalue weighted by atomic mass is 10.2. The molecular formula is C10H11NO3S. The van der Waals surface area contributed by atoms with Crippen molar-refractivity contribution in [1.82, 2.24) is 0 Å². The quantitative estimate of drug-likeness (QED) is 0.571. The molecule has 0 aliphatic heterocycles. The highest BCUT2D eigenvalue weighted by Gasteiger charge is 2.12. The summed E-state index contributed by atoms with van der Waals surface area (Å²) >= 11 is 0. The molecule has 1 aromatic carbocycles. The molecule has 5 heteroatoms. The molecule has 0 fully saturated rings. The molecule has 4 nitrogen and oxygen atoms in total. The first-order valence-corrected chi connectivity index (χ1v) is 5.75. The van der Waals surface area contributed by atoms with Crippen LogP contribution >= 0.6 is 0 Å². The molecule has 0 radical (unpaired) electrons. The number of nitrogens with two attached hydrogens (primary N) is 1. The summed E-state index contributed by atoms with van der Waals surface area (Å²) in [6.45, 7) is 0.418. The van der Waals surface area contributed by atoms with E-state index in [4.69, 9.17) is 10.3 Å². The molecule has 0 saturated heterocycles. The summed E-state index contributed by atoms with van der Waals surface area (Å²) in [7, 11) is -4.20. The Labute approximate surface area is 88.9 Å². The van der Waals surface area contributed by atoms with E-state index in [-0.39, 0.29) is 10.5 Å². The Morgan fingerprint density at radius 2 is 2.00 bits per heavy atom. The molecule has 0 aliphatic rings. The number of hydrogen-bond acceptors (Lipinski definition) is 3. The molecule has 0 bridgehead atoms. The fourth-order valence-corrected chi connectivity index (χ4v) is 1.67. The summed E-state index contributed by atoms with van der Waals surface area (Å²) in [6, 6.07) is 6.02. The second-order valence-electron chi connectivity index (χ2n) is 2.81. The highest BCUT2D eigenvalue weighted by Crippen LogP contribution is 2.13. The van der Waals surface area contributed by atoms with Gasteiger partial charge in [-0.3, -0.25) is 4.55 Å².